The number of rotatable bonds is 6. The Morgan fingerprint density at radius 3 is 2.73 bits per heavy atom. The van der Waals surface area contributed by atoms with Gasteiger partial charge >= 0.3 is 17.7 Å². The number of esters is 2. The van der Waals surface area contributed by atoms with Gasteiger partial charge in [0.25, 0.3) is 0 Å². The fourth-order valence-corrected chi connectivity index (χ4v) is 2.58. The predicted octanol–water partition coefficient (Wildman–Crippen LogP) is 2.42. The molecule has 0 N–H and O–H groups in total. The first-order valence-corrected chi connectivity index (χ1v) is 7.91. The number of hydrogen-bond acceptors (Lipinski definition) is 7. The summed E-state index contributed by atoms with van der Waals surface area (Å²) in [6, 6.07) is 8.44. The van der Waals surface area contributed by atoms with Gasteiger partial charge in [-0.2, -0.15) is 0 Å². The highest BCUT2D eigenvalue weighted by molar-refractivity contribution is 5.90. The van der Waals surface area contributed by atoms with Gasteiger partial charge in [-0.05, 0) is 25.1 Å². The van der Waals surface area contributed by atoms with E-state index in [1.807, 2.05) is 0 Å². The van der Waals surface area contributed by atoms with Crippen LogP contribution in [0, 0.1) is 6.92 Å². The van der Waals surface area contributed by atoms with Crippen molar-refractivity contribution in [2.24, 2.45) is 0 Å². The number of methoxy groups -OCH3 is 1. The summed E-state index contributed by atoms with van der Waals surface area (Å²) in [5.41, 5.74) is 1.37. The quantitative estimate of drug-likeness (QED) is 0.623. The van der Waals surface area contributed by atoms with Crippen LogP contribution in [0.4, 0.5) is 0 Å². The van der Waals surface area contributed by atoms with Gasteiger partial charge in [-0.1, -0.05) is 12.1 Å². The van der Waals surface area contributed by atoms with Crippen LogP contribution in [-0.2, 0) is 27.4 Å². The van der Waals surface area contributed by atoms with Crippen LogP contribution in [0.5, 0.6) is 0 Å². The van der Waals surface area contributed by atoms with Crippen molar-refractivity contribution in [1.82, 2.24) is 4.57 Å². The number of carbonyl (C=O) groups is 2. The number of carbonyl (C=O) groups excluding carboxylic acids is 2. The van der Waals surface area contributed by atoms with Gasteiger partial charge in [0, 0.05) is 6.54 Å². The van der Waals surface area contributed by atoms with Crippen LogP contribution in [0.15, 0.2) is 44.0 Å². The molecule has 1 aromatic carbocycles. The highest BCUT2D eigenvalue weighted by Gasteiger charge is 2.17. The van der Waals surface area contributed by atoms with Gasteiger partial charge in [-0.3, -0.25) is 9.36 Å². The Labute approximate surface area is 147 Å². The first-order chi connectivity index (χ1) is 12.5. The van der Waals surface area contributed by atoms with Gasteiger partial charge in [-0.15, -0.1) is 0 Å². The number of para-hydroxylation sites is 2. The number of oxazole rings is 1. The van der Waals surface area contributed by atoms with Crippen molar-refractivity contribution in [2.75, 3.05) is 7.11 Å². The molecule has 0 saturated carbocycles. The molecule has 0 spiro atoms. The lowest BCUT2D eigenvalue weighted by Crippen LogP contribution is -2.17. The summed E-state index contributed by atoms with van der Waals surface area (Å²) in [5.74, 6) is -0.823. The minimum atomic E-state index is -0.525. The van der Waals surface area contributed by atoms with Gasteiger partial charge < -0.3 is 18.3 Å². The zero-order valence-electron chi connectivity index (χ0n) is 14.3. The third-order valence-corrected chi connectivity index (χ3v) is 3.86. The molecule has 3 aromatic rings. The molecule has 136 valence electrons. The van der Waals surface area contributed by atoms with E-state index in [4.69, 9.17) is 13.6 Å². The Bertz CT molecular complexity index is 1010. The van der Waals surface area contributed by atoms with E-state index in [0.29, 0.717) is 22.6 Å². The van der Waals surface area contributed by atoms with Crippen LogP contribution in [0.3, 0.4) is 0 Å². The summed E-state index contributed by atoms with van der Waals surface area (Å²) in [7, 11) is 1.27. The fourth-order valence-electron chi connectivity index (χ4n) is 2.58. The van der Waals surface area contributed by atoms with Crippen LogP contribution < -0.4 is 5.76 Å². The first-order valence-electron chi connectivity index (χ1n) is 7.91. The third kappa shape index (κ3) is 3.53. The molecule has 0 atom stereocenters. The van der Waals surface area contributed by atoms with Crippen molar-refractivity contribution in [3.8, 4) is 0 Å². The molecule has 0 aliphatic heterocycles. The minimum absolute atomic E-state index is 0.00696. The van der Waals surface area contributed by atoms with E-state index < -0.39 is 17.7 Å². The average molecular weight is 359 g/mol. The molecule has 0 unspecified atom stereocenters. The van der Waals surface area contributed by atoms with Crippen LogP contribution in [0.25, 0.3) is 11.1 Å². The number of hydrogen-bond donors (Lipinski definition) is 0. The van der Waals surface area contributed by atoms with E-state index >= 15 is 0 Å². The molecular formula is C18H17NO7. The largest absolute Gasteiger partial charge is 0.465 e. The predicted molar refractivity (Wildman–Crippen MR) is 89.7 cm³/mol. The summed E-state index contributed by atoms with van der Waals surface area (Å²) in [4.78, 5) is 35.3. The van der Waals surface area contributed by atoms with E-state index in [1.54, 1.807) is 31.2 Å². The molecule has 0 aliphatic rings. The molecule has 0 amide bonds. The van der Waals surface area contributed by atoms with Gasteiger partial charge in [0.2, 0.25) is 0 Å². The number of benzene rings is 1. The molecule has 8 heteroatoms. The Kier molecular flexibility index (Phi) is 4.92. The van der Waals surface area contributed by atoms with Gasteiger partial charge in [0.1, 0.15) is 23.7 Å². The van der Waals surface area contributed by atoms with Crippen molar-refractivity contribution in [2.45, 2.75) is 26.5 Å². The second kappa shape index (κ2) is 7.30. The van der Waals surface area contributed by atoms with Crippen LogP contribution in [-0.4, -0.2) is 23.6 Å². The fraction of sp³-hybridized carbons (Fsp3) is 0.278. The second-order valence-corrected chi connectivity index (χ2v) is 5.57. The Morgan fingerprint density at radius 2 is 1.96 bits per heavy atom. The maximum Gasteiger partial charge on any atom is 0.419 e. The van der Waals surface area contributed by atoms with E-state index in [0.717, 1.165) is 0 Å². The maximum absolute atomic E-state index is 11.9. The van der Waals surface area contributed by atoms with E-state index in [1.165, 1.54) is 17.7 Å². The summed E-state index contributed by atoms with van der Waals surface area (Å²) in [5, 5.41) is 0. The van der Waals surface area contributed by atoms with Crippen molar-refractivity contribution >= 4 is 23.0 Å². The maximum atomic E-state index is 11.9. The molecule has 26 heavy (non-hydrogen) atoms. The molecule has 0 fully saturated rings. The molecule has 0 aliphatic carbocycles. The molecule has 0 bridgehead atoms. The molecule has 3 rings (SSSR count). The van der Waals surface area contributed by atoms with Gasteiger partial charge in [-0.25, -0.2) is 9.59 Å². The molecule has 8 nitrogen and oxygen atoms in total. The molecule has 0 saturated heterocycles. The Hall–Kier alpha value is -3.29. The SMILES string of the molecule is COC(=O)c1cc(COC(=O)CCn2c(=O)oc3ccccc32)oc1C. The molecule has 0 radical (unpaired) electrons. The van der Waals surface area contributed by atoms with E-state index in [2.05, 4.69) is 4.74 Å². The summed E-state index contributed by atoms with van der Waals surface area (Å²) < 4.78 is 21.6. The van der Waals surface area contributed by atoms with Gasteiger partial charge in [0.15, 0.2) is 5.58 Å². The Balaban J connectivity index is 1.59. The van der Waals surface area contributed by atoms with Crippen molar-refractivity contribution in [3.05, 3.63) is 58.0 Å². The van der Waals surface area contributed by atoms with E-state index in [-0.39, 0.29) is 25.1 Å². The standard InChI is InChI=1S/C18H17NO7/c1-11-13(17(21)23-2)9-12(25-11)10-24-16(20)7-8-19-14-5-3-4-6-15(14)26-18(19)22/h3-6,9H,7-8,10H2,1-2H3. The molecule has 2 aromatic heterocycles. The highest BCUT2D eigenvalue weighted by Crippen LogP contribution is 2.17. The van der Waals surface area contributed by atoms with E-state index in [9.17, 15) is 14.4 Å². The lowest BCUT2D eigenvalue weighted by molar-refractivity contribution is -0.145. The summed E-state index contributed by atoms with van der Waals surface area (Å²) >= 11 is 0. The monoisotopic (exact) mass is 359 g/mol. The zero-order chi connectivity index (χ0) is 18.7. The third-order valence-electron chi connectivity index (χ3n) is 3.86. The lowest BCUT2D eigenvalue weighted by Gasteiger charge is -2.03. The van der Waals surface area contributed by atoms with Crippen molar-refractivity contribution in [1.29, 1.82) is 0 Å². The number of furan rings is 1. The van der Waals surface area contributed by atoms with Crippen LogP contribution in [0.1, 0.15) is 28.3 Å². The van der Waals surface area contributed by atoms with Crippen LogP contribution >= 0.6 is 0 Å². The number of nitrogens with zero attached hydrogens (tertiary/aromatic N) is 1. The summed E-state index contributed by atoms with van der Waals surface area (Å²) in [6.45, 7) is 1.64. The average Bonchev–Trinajstić information content (AvgIpc) is 3.16. The number of aryl methyl sites for hydroxylation is 2. The lowest BCUT2D eigenvalue weighted by atomic mass is 10.2. The van der Waals surface area contributed by atoms with Crippen LogP contribution in [0.2, 0.25) is 0 Å². The topological polar surface area (TPSA) is 101 Å². The molecule has 2 heterocycles. The normalized spacial score (nSPS) is 10.8. The minimum Gasteiger partial charge on any atom is -0.465 e. The number of aromatic nitrogens is 1. The second-order valence-electron chi connectivity index (χ2n) is 5.57. The number of ether oxygens (including phenoxy) is 2. The summed E-state index contributed by atoms with van der Waals surface area (Å²) in [6.07, 6.45) is -0.00696. The molecular weight excluding hydrogens is 342 g/mol. The number of fused-ring (bicyclic) bond motifs is 1. The Morgan fingerprint density at radius 1 is 1.19 bits per heavy atom. The van der Waals surface area contributed by atoms with Crippen molar-refractivity contribution in [3.63, 3.8) is 0 Å². The zero-order valence-corrected chi connectivity index (χ0v) is 14.3. The first kappa shape index (κ1) is 17.5. The smallest absolute Gasteiger partial charge is 0.419 e. The highest BCUT2D eigenvalue weighted by atomic mass is 16.5. The van der Waals surface area contributed by atoms with Crippen molar-refractivity contribution < 1.29 is 27.9 Å². The van der Waals surface area contributed by atoms with Gasteiger partial charge in [0.05, 0.1) is 19.0 Å².